The second-order valence-corrected chi connectivity index (χ2v) is 3.41. The van der Waals surface area contributed by atoms with Crippen molar-refractivity contribution in [2.75, 3.05) is 40.0 Å². The Balaban J connectivity index is 2.16. The Kier molecular flexibility index (Phi) is 5.31. The molecule has 0 aliphatic carbocycles. The summed E-state index contributed by atoms with van der Waals surface area (Å²) in [5, 5.41) is 3.38. The maximum absolute atomic E-state index is 5.68. The van der Waals surface area contributed by atoms with Gasteiger partial charge in [0, 0.05) is 38.8 Å². The molecule has 2 atom stereocenters. The predicted octanol–water partition coefficient (Wildman–Crippen LogP) is -0.414. The van der Waals surface area contributed by atoms with E-state index < -0.39 is 0 Å². The zero-order chi connectivity index (χ0) is 9.52. The van der Waals surface area contributed by atoms with Gasteiger partial charge < -0.3 is 20.5 Å². The summed E-state index contributed by atoms with van der Waals surface area (Å²) >= 11 is 0. The molecule has 0 bridgehead atoms. The summed E-state index contributed by atoms with van der Waals surface area (Å²) in [7, 11) is 1.71. The summed E-state index contributed by atoms with van der Waals surface area (Å²) in [4.78, 5) is 0. The van der Waals surface area contributed by atoms with Gasteiger partial charge >= 0.3 is 0 Å². The van der Waals surface area contributed by atoms with Gasteiger partial charge in [0.05, 0.1) is 13.2 Å². The molecule has 3 N–H and O–H groups in total. The lowest BCUT2D eigenvalue weighted by Gasteiger charge is -2.21. The van der Waals surface area contributed by atoms with Gasteiger partial charge in [-0.1, -0.05) is 0 Å². The predicted molar refractivity (Wildman–Crippen MR) is 51.6 cm³/mol. The van der Waals surface area contributed by atoms with Crippen molar-refractivity contribution in [1.29, 1.82) is 0 Å². The van der Waals surface area contributed by atoms with Gasteiger partial charge in [-0.15, -0.1) is 0 Å². The second kappa shape index (κ2) is 6.32. The molecule has 1 heterocycles. The van der Waals surface area contributed by atoms with Crippen LogP contribution in [0.15, 0.2) is 0 Å². The summed E-state index contributed by atoms with van der Waals surface area (Å²) < 4.78 is 10.3. The Morgan fingerprint density at radius 3 is 3.08 bits per heavy atom. The number of hydrogen-bond acceptors (Lipinski definition) is 4. The van der Waals surface area contributed by atoms with Gasteiger partial charge in [0.25, 0.3) is 0 Å². The summed E-state index contributed by atoms with van der Waals surface area (Å²) in [5.41, 5.74) is 5.68. The third-order valence-corrected chi connectivity index (χ3v) is 2.50. The van der Waals surface area contributed by atoms with E-state index in [-0.39, 0.29) is 0 Å². The normalized spacial score (nSPS) is 24.9. The van der Waals surface area contributed by atoms with Crippen LogP contribution in [0.25, 0.3) is 0 Å². The molecular weight excluding hydrogens is 168 g/mol. The molecule has 4 nitrogen and oxygen atoms in total. The van der Waals surface area contributed by atoms with Crippen molar-refractivity contribution in [2.45, 2.75) is 12.5 Å². The lowest BCUT2D eigenvalue weighted by atomic mass is 9.99. The Labute approximate surface area is 79.8 Å². The molecule has 1 rings (SSSR count). The van der Waals surface area contributed by atoms with E-state index in [1.807, 2.05) is 0 Å². The first-order valence-electron chi connectivity index (χ1n) is 4.88. The number of ether oxygens (including phenoxy) is 2. The van der Waals surface area contributed by atoms with Crippen LogP contribution in [0.4, 0.5) is 0 Å². The van der Waals surface area contributed by atoms with Crippen molar-refractivity contribution in [3.63, 3.8) is 0 Å². The molecule has 0 aromatic carbocycles. The van der Waals surface area contributed by atoms with Crippen molar-refractivity contribution in [1.82, 2.24) is 5.32 Å². The molecule has 0 aromatic rings. The Morgan fingerprint density at radius 1 is 1.69 bits per heavy atom. The van der Waals surface area contributed by atoms with Gasteiger partial charge in [-0.2, -0.15) is 0 Å². The van der Waals surface area contributed by atoms with Crippen molar-refractivity contribution in [3.05, 3.63) is 0 Å². The highest BCUT2D eigenvalue weighted by molar-refractivity contribution is 4.79. The van der Waals surface area contributed by atoms with Crippen LogP contribution < -0.4 is 11.1 Å². The topological polar surface area (TPSA) is 56.5 Å². The number of rotatable bonds is 6. The van der Waals surface area contributed by atoms with Gasteiger partial charge in [0.1, 0.15) is 0 Å². The van der Waals surface area contributed by atoms with Crippen LogP contribution in [0.1, 0.15) is 6.42 Å². The van der Waals surface area contributed by atoms with Gasteiger partial charge in [0.15, 0.2) is 0 Å². The van der Waals surface area contributed by atoms with Crippen LogP contribution >= 0.6 is 0 Å². The van der Waals surface area contributed by atoms with E-state index in [1.165, 1.54) is 0 Å². The number of nitrogens with two attached hydrogens (primary N) is 1. The lowest BCUT2D eigenvalue weighted by molar-refractivity contribution is 0.169. The zero-order valence-electron chi connectivity index (χ0n) is 8.29. The molecule has 1 fully saturated rings. The van der Waals surface area contributed by atoms with Crippen LogP contribution in [-0.4, -0.2) is 46.1 Å². The fourth-order valence-electron chi connectivity index (χ4n) is 1.66. The van der Waals surface area contributed by atoms with E-state index >= 15 is 0 Å². The average molecular weight is 188 g/mol. The molecule has 13 heavy (non-hydrogen) atoms. The van der Waals surface area contributed by atoms with Crippen LogP contribution in [0.3, 0.4) is 0 Å². The third kappa shape index (κ3) is 3.60. The third-order valence-electron chi connectivity index (χ3n) is 2.50. The smallest absolute Gasteiger partial charge is 0.0587 e. The summed E-state index contributed by atoms with van der Waals surface area (Å²) in [6.07, 6.45) is 1.13. The summed E-state index contributed by atoms with van der Waals surface area (Å²) in [6, 6.07) is 0.387. The number of methoxy groups -OCH3 is 1. The maximum Gasteiger partial charge on any atom is 0.0587 e. The first-order valence-corrected chi connectivity index (χ1v) is 4.88. The van der Waals surface area contributed by atoms with Crippen LogP contribution in [0.5, 0.6) is 0 Å². The van der Waals surface area contributed by atoms with E-state index in [2.05, 4.69) is 5.32 Å². The SMILES string of the molecule is COCCNC(CN)C1CCOC1. The quantitative estimate of drug-likeness (QED) is 0.556. The molecule has 4 heteroatoms. The van der Waals surface area contributed by atoms with Crippen LogP contribution in [0, 0.1) is 5.92 Å². The van der Waals surface area contributed by atoms with E-state index in [4.69, 9.17) is 15.2 Å². The molecule has 2 unspecified atom stereocenters. The first kappa shape index (κ1) is 10.9. The minimum atomic E-state index is 0.387. The molecule has 78 valence electrons. The molecule has 1 aliphatic heterocycles. The van der Waals surface area contributed by atoms with Gasteiger partial charge in [-0.3, -0.25) is 0 Å². The Hall–Kier alpha value is -0.160. The maximum atomic E-state index is 5.68. The average Bonchev–Trinajstić information content (AvgIpc) is 2.65. The highest BCUT2D eigenvalue weighted by Crippen LogP contribution is 2.15. The second-order valence-electron chi connectivity index (χ2n) is 3.41. The molecule has 1 saturated heterocycles. The fraction of sp³-hybridized carbons (Fsp3) is 1.00. The van der Waals surface area contributed by atoms with Crippen LogP contribution in [-0.2, 0) is 9.47 Å². The standard InChI is InChI=1S/C9H20N2O2/c1-12-5-3-11-9(6-10)8-2-4-13-7-8/h8-9,11H,2-7,10H2,1H3. The van der Waals surface area contributed by atoms with E-state index in [0.29, 0.717) is 18.5 Å². The summed E-state index contributed by atoms with van der Waals surface area (Å²) in [5.74, 6) is 0.585. The number of nitrogens with one attached hydrogen (secondary N) is 1. The highest BCUT2D eigenvalue weighted by Gasteiger charge is 2.23. The zero-order valence-corrected chi connectivity index (χ0v) is 8.29. The van der Waals surface area contributed by atoms with Gasteiger partial charge in [-0.05, 0) is 6.42 Å². The largest absolute Gasteiger partial charge is 0.383 e. The van der Waals surface area contributed by atoms with Crippen molar-refractivity contribution in [3.8, 4) is 0 Å². The monoisotopic (exact) mass is 188 g/mol. The van der Waals surface area contributed by atoms with E-state index in [9.17, 15) is 0 Å². The molecule has 0 radical (unpaired) electrons. The van der Waals surface area contributed by atoms with Gasteiger partial charge in [-0.25, -0.2) is 0 Å². The molecular formula is C9H20N2O2. The molecule has 0 saturated carbocycles. The fourth-order valence-corrected chi connectivity index (χ4v) is 1.66. The Morgan fingerprint density at radius 2 is 2.54 bits per heavy atom. The molecule has 0 amide bonds. The van der Waals surface area contributed by atoms with E-state index in [1.54, 1.807) is 7.11 Å². The molecule has 1 aliphatic rings. The molecule has 0 aromatic heterocycles. The minimum Gasteiger partial charge on any atom is -0.383 e. The van der Waals surface area contributed by atoms with E-state index in [0.717, 1.165) is 32.8 Å². The highest BCUT2D eigenvalue weighted by atomic mass is 16.5. The van der Waals surface area contributed by atoms with Crippen molar-refractivity contribution < 1.29 is 9.47 Å². The minimum absolute atomic E-state index is 0.387. The van der Waals surface area contributed by atoms with Gasteiger partial charge in [0.2, 0.25) is 0 Å². The van der Waals surface area contributed by atoms with Crippen molar-refractivity contribution in [2.24, 2.45) is 11.7 Å². The first-order chi connectivity index (χ1) is 6.38. The van der Waals surface area contributed by atoms with Crippen LogP contribution in [0.2, 0.25) is 0 Å². The Bertz CT molecular complexity index is 127. The lowest BCUT2D eigenvalue weighted by Crippen LogP contribution is -2.43. The molecule has 0 spiro atoms. The van der Waals surface area contributed by atoms with Crippen molar-refractivity contribution >= 4 is 0 Å². The number of hydrogen-bond donors (Lipinski definition) is 2. The summed E-state index contributed by atoms with van der Waals surface area (Å²) in [6.45, 7) is 4.02.